The smallest absolute Gasteiger partial charge is 0.306 e. The standard InChI is InChI=1S/C14H16O5/c1-3-18-12(15)7-9-8-19-14-10(13(9)16)5-4-6-11(14)17-2/h4-6,9H,3,7-8H2,1-2H3/t9-/m0/s1. The normalized spacial score (nSPS) is 17.4. The van der Waals surface area contributed by atoms with E-state index >= 15 is 0 Å². The Hall–Kier alpha value is -2.04. The van der Waals surface area contributed by atoms with Gasteiger partial charge in [0.1, 0.15) is 0 Å². The number of para-hydroxylation sites is 1. The zero-order chi connectivity index (χ0) is 13.8. The van der Waals surface area contributed by atoms with Gasteiger partial charge in [-0.15, -0.1) is 0 Å². The van der Waals surface area contributed by atoms with Gasteiger partial charge in [0.25, 0.3) is 0 Å². The van der Waals surface area contributed by atoms with Gasteiger partial charge in [0.05, 0.1) is 38.2 Å². The number of fused-ring (bicyclic) bond motifs is 1. The number of ether oxygens (including phenoxy) is 3. The molecule has 0 aliphatic carbocycles. The predicted molar refractivity (Wildman–Crippen MR) is 67.6 cm³/mol. The number of ketones is 1. The van der Waals surface area contributed by atoms with Crippen molar-refractivity contribution in [3.8, 4) is 11.5 Å². The maximum Gasteiger partial charge on any atom is 0.306 e. The van der Waals surface area contributed by atoms with Crippen LogP contribution in [0.3, 0.4) is 0 Å². The highest BCUT2D eigenvalue weighted by molar-refractivity contribution is 6.03. The van der Waals surface area contributed by atoms with Gasteiger partial charge in [-0.25, -0.2) is 0 Å². The molecule has 0 unspecified atom stereocenters. The molecule has 5 heteroatoms. The van der Waals surface area contributed by atoms with Crippen LogP contribution in [-0.2, 0) is 9.53 Å². The second-order valence-electron chi connectivity index (χ2n) is 4.22. The van der Waals surface area contributed by atoms with E-state index in [2.05, 4.69) is 0 Å². The van der Waals surface area contributed by atoms with E-state index in [0.717, 1.165) is 0 Å². The van der Waals surface area contributed by atoms with Crippen molar-refractivity contribution in [1.29, 1.82) is 0 Å². The number of rotatable bonds is 4. The van der Waals surface area contributed by atoms with E-state index in [9.17, 15) is 9.59 Å². The number of hydrogen-bond donors (Lipinski definition) is 0. The molecule has 2 rings (SSSR count). The third kappa shape index (κ3) is 2.70. The molecule has 0 aromatic heterocycles. The van der Waals surface area contributed by atoms with Crippen LogP contribution in [0.25, 0.3) is 0 Å². The first-order valence-corrected chi connectivity index (χ1v) is 6.17. The van der Waals surface area contributed by atoms with Crippen molar-refractivity contribution in [2.24, 2.45) is 5.92 Å². The van der Waals surface area contributed by atoms with E-state index < -0.39 is 5.92 Å². The largest absolute Gasteiger partial charge is 0.493 e. The number of benzene rings is 1. The minimum absolute atomic E-state index is 0.0450. The molecule has 0 amide bonds. The minimum Gasteiger partial charge on any atom is -0.493 e. The van der Waals surface area contributed by atoms with Crippen LogP contribution >= 0.6 is 0 Å². The third-order valence-corrected chi connectivity index (χ3v) is 2.98. The Kier molecular flexibility index (Phi) is 4.04. The highest BCUT2D eigenvalue weighted by Crippen LogP contribution is 2.36. The van der Waals surface area contributed by atoms with Gasteiger partial charge in [-0.05, 0) is 19.1 Å². The summed E-state index contributed by atoms with van der Waals surface area (Å²) in [5.74, 6) is 0.0122. The molecule has 1 aliphatic heterocycles. The monoisotopic (exact) mass is 264 g/mol. The molecular formula is C14H16O5. The summed E-state index contributed by atoms with van der Waals surface area (Å²) in [7, 11) is 1.52. The summed E-state index contributed by atoms with van der Waals surface area (Å²) in [6.45, 7) is 2.22. The molecule has 1 aromatic carbocycles. The summed E-state index contributed by atoms with van der Waals surface area (Å²) < 4.78 is 15.6. The quantitative estimate of drug-likeness (QED) is 0.776. The molecule has 1 aromatic rings. The second kappa shape index (κ2) is 5.73. The molecule has 0 saturated heterocycles. The lowest BCUT2D eigenvalue weighted by Crippen LogP contribution is -2.30. The molecular weight excluding hydrogens is 248 g/mol. The van der Waals surface area contributed by atoms with E-state index in [1.54, 1.807) is 25.1 Å². The average Bonchev–Trinajstić information content (AvgIpc) is 2.41. The topological polar surface area (TPSA) is 61.8 Å². The molecule has 0 bridgehead atoms. The van der Waals surface area contributed by atoms with Crippen LogP contribution < -0.4 is 9.47 Å². The fourth-order valence-electron chi connectivity index (χ4n) is 2.07. The Morgan fingerprint density at radius 1 is 1.47 bits per heavy atom. The van der Waals surface area contributed by atoms with Crippen LogP contribution in [0.15, 0.2) is 18.2 Å². The Labute approximate surface area is 111 Å². The molecule has 0 saturated carbocycles. The summed E-state index contributed by atoms with van der Waals surface area (Å²) in [5, 5.41) is 0. The first-order valence-electron chi connectivity index (χ1n) is 6.17. The second-order valence-corrected chi connectivity index (χ2v) is 4.22. The van der Waals surface area contributed by atoms with Crippen molar-refractivity contribution in [3.05, 3.63) is 23.8 Å². The lowest BCUT2D eigenvalue weighted by molar-refractivity contribution is -0.144. The van der Waals surface area contributed by atoms with Crippen molar-refractivity contribution in [1.82, 2.24) is 0 Å². The Bertz CT molecular complexity index is 495. The van der Waals surface area contributed by atoms with Crippen LogP contribution in [-0.4, -0.2) is 32.1 Å². The molecule has 1 atom stereocenters. The molecule has 0 spiro atoms. The van der Waals surface area contributed by atoms with E-state index in [-0.39, 0.29) is 24.8 Å². The Balaban J connectivity index is 2.18. The molecule has 0 fully saturated rings. The van der Waals surface area contributed by atoms with E-state index in [1.165, 1.54) is 7.11 Å². The summed E-state index contributed by atoms with van der Waals surface area (Å²) >= 11 is 0. The van der Waals surface area contributed by atoms with Gasteiger partial charge in [0, 0.05) is 0 Å². The summed E-state index contributed by atoms with van der Waals surface area (Å²) in [5.41, 5.74) is 0.458. The maximum absolute atomic E-state index is 12.3. The number of methoxy groups -OCH3 is 1. The SMILES string of the molecule is CCOC(=O)C[C@H]1COc2c(OC)cccc2C1=O. The molecule has 0 radical (unpaired) electrons. The number of carbonyl (C=O) groups is 2. The average molecular weight is 264 g/mol. The van der Waals surface area contributed by atoms with Crippen LogP contribution in [0.2, 0.25) is 0 Å². The van der Waals surface area contributed by atoms with Crippen LogP contribution in [0.4, 0.5) is 0 Å². The van der Waals surface area contributed by atoms with Gasteiger partial charge in [-0.1, -0.05) is 6.07 Å². The maximum atomic E-state index is 12.3. The summed E-state index contributed by atoms with van der Waals surface area (Å²) in [6, 6.07) is 5.14. The first-order chi connectivity index (χ1) is 9.17. The van der Waals surface area contributed by atoms with Gasteiger partial charge in [-0.2, -0.15) is 0 Å². The summed E-state index contributed by atoms with van der Waals surface area (Å²) in [4.78, 5) is 23.7. The van der Waals surface area contributed by atoms with Gasteiger partial charge in [0.2, 0.25) is 0 Å². The van der Waals surface area contributed by atoms with Crippen LogP contribution in [0, 0.1) is 5.92 Å². The van der Waals surface area contributed by atoms with Crippen molar-refractivity contribution < 1.29 is 23.8 Å². The zero-order valence-electron chi connectivity index (χ0n) is 11.0. The van der Waals surface area contributed by atoms with Crippen molar-refractivity contribution in [2.75, 3.05) is 20.3 Å². The highest BCUT2D eigenvalue weighted by atomic mass is 16.5. The van der Waals surface area contributed by atoms with E-state index in [4.69, 9.17) is 14.2 Å². The fourth-order valence-corrected chi connectivity index (χ4v) is 2.07. The summed E-state index contributed by atoms with van der Waals surface area (Å²) in [6.07, 6.45) is 0.0450. The van der Waals surface area contributed by atoms with Gasteiger partial charge in [0.15, 0.2) is 17.3 Å². The predicted octanol–water partition coefficient (Wildman–Crippen LogP) is 1.84. The highest BCUT2D eigenvalue weighted by Gasteiger charge is 2.32. The zero-order valence-corrected chi connectivity index (χ0v) is 11.0. The lowest BCUT2D eigenvalue weighted by Gasteiger charge is -2.24. The fraction of sp³-hybridized carbons (Fsp3) is 0.429. The Morgan fingerprint density at radius 2 is 2.26 bits per heavy atom. The first kappa shape index (κ1) is 13.4. The molecule has 0 N–H and O–H groups in total. The number of esters is 1. The van der Waals surface area contributed by atoms with Crippen LogP contribution in [0.1, 0.15) is 23.7 Å². The molecule has 1 heterocycles. The number of carbonyl (C=O) groups excluding carboxylic acids is 2. The van der Waals surface area contributed by atoms with Gasteiger partial charge in [-0.3, -0.25) is 9.59 Å². The van der Waals surface area contributed by atoms with E-state index in [0.29, 0.717) is 23.7 Å². The number of Topliss-reactive ketones (excluding diaryl/α,β-unsaturated/α-hetero) is 1. The van der Waals surface area contributed by atoms with Gasteiger partial charge >= 0.3 is 5.97 Å². The molecule has 102 valence electrons. The molecule has 5 nitrogen and oxygen atoms in total. The lowest BCUT2D eigenvalue weighted by atomic mass is 9.92. The van der Waals surface area contributed by atoms with Crippen molar-refractivity contribution in [3.63, 3.8) is 0 Å². The third-order valence-electron chi connectivity index (χ3n) is 2.98. The van der Waals surface area contributed by atoms with E-state index in [1.807, 2.05) is 0 Å². The van der Waals surface area contributed by atoms with Crippen molar-refractivity contribution >= 4 is 11.8 Å². The van der Waals surface area contributed by atoms with Crippen molar-refractivity contribution in [2.45, 2.75) is 13.3 Å². The Morgan fingerprint density at radius 3 is 2.95 bits per heavy atom. The molecule has 1 aliphatic rings. The number of hydrogen-bond acceptors (Lipinski definition) is 5. The van der Waals surface area contributed by atoms with Crippen LogP contribution in [0.5, 0.6) is 11.5 Å². The van der Waals surface area contributed by atoms with Gasteiger partial charge < -0.3 is 14.2 Å². The minimum atomic E-state index is -0.487. The molecule has 19 heavy (non-hydrogen) atoms.